The Bertz CT molecular complexity index is 705. The van der Waals surface area contributed by atoms with Crippen LogP contribution in [0.1, 0.15) is 20.3 Å². The third-order valence-electron chi connectivity index (χ3n) is 4.59. The highest BCUT2D eigenvalue weighted by Crippen LogP contribution is 2.17. The first-order valence-electron chi connectivity index (χ1n) is 9.98. The highest BCUT2D eigenvalue weighted by molar-refractivity contribution is 5.94. The number of amides is 3. The van der Waals surface area contributed by atoms with Crippen LogP contribution in [-0.2, 0) is 9.53 Å². The Balaban J connectivity index is 1.71. The molecule has 168 valence electrons. The van der Waals surface area contributed by atoms with Crippen molar-refractivity contribution in [1.82, 2.24) is 9.80 Å². The van der Waals surface area contributed by atoms with Gasteiger partial charge in [-0.05, 0) is 24.6 Å². The average molecular weight is 430 g/mol. The normalized spacial score (nSPS) is 15.3. The molecule has 10 heteroatoms. The van der Waals surface area contributed by atoms with E-state index in [1.54, 1.807) is 43.0 Å². The van der Waals surface area contributed by atoms with E-state index < -0.39 is 12.8 Å². The third kappa shape index (κ3) is 8.58. The van der Waals surface area contributed by atoms with Crippen LogP contribution in [0.25, 0.3) is 0 Å². The number of halogens is 3. The fourth-order valence-electron chi connectivity index (χ4n) is 2.92. The van der Waals surface area contributed by atoms with Gasteiger partial charge in [0.1, 0.15) is 6.61 Å². The molecule has 0 aromatic heterocycles. The van der Waals surface area contributed by atoms with E-state index in [0.29, 0.717) is 50.5 Å². The molecule has 1 aromatic rings. The van der Waals surface area contributed by atoms with Crippen molar-refractivity contribution in [2.75, 3.05) is 56.6 Å². The van der Waals surface area contributed by atoms with Gasteiger partial charge in [0.2, 0.25) is 5.91 Å². The SMILES string of the molecule is CC(C)C(=O)Nc1cccc(NC(=O)N2CCN(CCCOCC(F)(F)F)CC2)c1. The van der Waals surface area contributed by atoms with Crippen molar-refractivity contribution in [2.24, 2.45) is 5.92 Å². The van der Waals surface area contributed by atoms with Crippen molar-refractivity contribution in [3.63, 3.8) is 0 Å². The summed E-state index contributed by atoms with van der Waals surface area (Å²) in [6, 6.07) is 6.74. The number of piperazine rings is 1. The average Bonchev–Trinajstić information content (AvgIpc) is 2.67. The van der Waals surface area contributed by atoms with Gasteiger partial charge in [-0.1, -0.05) is 19.9 Å². The van der Waals surface area contributed by atoms with Gasteiger partial charge in [-0.15, -0.1) is 0 Å². The lowest BCUT2D eigenvalue weighted by Crippen LogP contribution is -2.50. The van der Waals surface area contributed by atoms with Crippen LogP contribution in [0, 0.1) is 5.92 Å². The molecule has 1 fully saturated rings. The molecule has 0 atom stereocenters. The molecule has 1 saturated heterocycles. The predicted molar refractivity (Wildman–Crippen MR) is 108 cm³/mol. The molecule has 0 aliphatic carbocycles. The van der Waals surface area contributed by atoms with Crippen LogP contribution in [0.2, 0.25) is 0 Å². The lowest BCUT2D eigenvalue weighted by molar-refractivity contribution is -0.174. The van der Waals surface area contributed by atoms with Gasteiger partial charge >= 0.3 is 12.2 Å². The Morgan fingerprint density at radius 2 is 1.73 bits per heavy atom. The minimum absolute atomic E-state index is 0.0594. The van der Waals surface area contributed by atoms with Gasteiger partial charge in [-0.2, -0.15) is 13.2 Å². The molecule has 1 aromatic carbocycles. The molecular weight excluding hydrogens is 401 g/mol. The molecule has 1 aliphatic rings. The number of benzene rings is 1. The van der Waals surface area contributed by atoms with Gasteiger partial charge in [0, 0.05) is 56.6 Å². The Labute approximate surface area is 174 Å². The zero-order valence-electron chi connectivity index (χ0n) is 17.3. The second-order valence-electron chi connectivity index (χ2n) is 7.50. The number of carbonyl (C=O) groups excluding carboxylic acids is 2. The van der Waals surface area contributed by atoms with Gasteiger partial charge in [0.05, 0.1) is 0 Å². The fraction of sp³-hybridized carbons (Fsp3) is 0.600. The molecule has 0 radical (unpaired) electrons. The van der Waals surface area contributed by atoms with E-state index >= 15 is 0 Å². The van der Waals surface area contributed by atoms with E-state index in [1.165, 1.54) is 0 Å². The van der Waals surface area contributed by atoms with Crippen molar-refractivity contribution in [3.8, 4) is 0 Å². The van der Waals surface area contributed by atoms with Gasteiger partial charge in [-0.3, -0.25) is 9.69 Å². The lowest BCUT2D eigenvalue weighted by Gasteiger charge is -2.34. The summed E-state index contributed by atoms with van der Waals surface area (Å²) in [6.45, 7) is 5.43. The molecule has 3 amide bonds. The predicted octanol–water partition coefficient (Wildman–Crippen LogP) is 3.40. The Hall–Kier alpha value is -2.33. The van der Waals surface area contributed by atoms with Crippen LogP contribution >= 0.6 is 0 Å². The number of ether oxygens (including phenoxy) is 1. The van der Waals surface area contributed by atoms with Gasteiger partial charge in [0.15, 0.2) is 0 Å². The zero-order valence-corrected chi connectivity index (χ0v) is 17.3. The van der Waals surface area contributed by atoms with Crippen LogP contribution in [0.4, 0.5) is 29.3 Å². The highest BCUT2D eigenvalue weighted by Gasteiger charge is 2.27. The summed E-state index contributed by atoms with van der Waals surface area (Å²) in [5.41, 5.74) is 1.20. The molecule has 2 N–H and O–H groups in total. The Morgan fingerprint density at radius 3 is 2.33 bits per heavy atom. The van der Waals surface area contributed by atoms with E-state index in [1.807, 2.05) is 0 Å². The maximum Gasteiger partial charge on any atom is 0.411 e. The van der Waals surface area contributed by atoms with Crippen molar-refractivity contribution < 1.29 is 27.5 Å². The maximum atomic E-state index is 12.5. The first kappa shape index (κ1) is 23.9. The quantitative estimate of drug-likeness (QED) is 0.620. The van der Waals surface area contributed by atoms with E-state index in [4.69, 9.17) is 0 Å². The number of nitrogens with one attached hydrogen (secondary N) is 2. The first-order valence-corrected chi connectivity index (χ1v) is 9.98. The minimum atomic E-state index is -4.29. The molecule has 0 spiro atoms. The molecule has 0 unspecified atom stereocenters. The summed E-state index contributed by atoms with van der Waals surface area (Å²) in [6.07, 6.45) is -3.78. The van der Waals surface area contributed by atoms with Crippen LogP contribution in [0.3, 0.4) is 0 Å². The standard InChI is InChI=1S/C20H29F3N4O3/c1-15(2)18(28)24-16-5-3-6-17(13-16)25-19(29)27-10-8-26(9-11-27)7-4-12-30-14-20(21,22)23/h3,5-6,13,15H,4,7-12,14H2,1-2H3,(H,24,28)(H,25,29). The van der Waals surface area contributed by atoms with Gasteiger partial charge < -0.3 is 20.3 Å². The summed E-state index contributed by atoms with van der Waals surface area (Å²) in [7, 11) is 0. The Morgan fingerprint density at radius 1 is 1.10 bits per heavy atom. The molecule has 1 heterocycles. The van der Waals surface area contributed by atoms with Crippen molar-refractivity contribution >= 4 is 23.3 Å². The van der Waals surface area contributed by atoms with Crippen LogP contribution in [0.5, 0.6) is 0 Å². The molecule has 2 rings (SSSR count). The number of alkyl halides is 3. The second-order valence-corrected chi connectivity index (χ2v) is 7.50. The monoisotopic (exact) mass is 430 g/mol. The van der Waals surface area contributed by atoms with E-state index in [0.717, 1.165) is 0 Å². The molecule has 0 bridgehead atoms. The van der Waals surface area contributed by atoms with Crippen molar-refractivity contribution in [3.05, 3.63) is 24.3 Å². The molecule has 1 aliphatic heterocycles. The number of urea groups is 1. The summed E-state index contributed by atoms with van der Waals surface area (Å²) in [4.78, 5) is 28.1. The minimum Gasteiger partial charge on any atom is -0.372 e. The number of anilines is 2. The topological polar surface area (TPSA) is 73.9 Å². The Kier molecular flexibility index (Phi) is 8.91. The summed E-state index contributed by atoms with van der Waals surface area (Å²) in [5.74, 6) is -0.242. The molecule has 0 saturated carbocycles. The van der Waals surface area contributed by atoms with Crippen molar-refractivity contribution in [2.45, 2.75) is 26.4 Å². The van der Waals surface area contributed by atoms with Crippen molar-refractivity contribution in [1.29, 1.82) is 0 Å². The fourth-order valence-corrected chi connectivity index (χ4v) is 2.92. The smallest absolute Gasteiger partial charge is 0.372 e. The van der Waals surface area contributed by atoms with E-state index in [9.17, 15) is 22.8 Å². The maximum absolute atomic E-state index is 12.5. The number of rotatable bonds is 8. The summed E-state index contributed by atoms with van der Waals surface area (Å²) in [5, 5.41) is 5.63. The van der Waals surface area contributed by atoms with Gasteiger partial charge in [-0.25, -0.2) is 4.79 Å². The van der Waals surface area contributed by atoms with Gasteiger partial charge in [0.25, 0.3) is 0 Å². The largest absolute Gasteiger partial charge is 0.411 e. The third-order valence-corrected chi connectivity index (χ3v) is 4.59. The number of carbonyl (C=O) groups is 2. The molecule has 30 heavy (non-hydrogen) atoms. The summed E-state index contributed by atoms with van der Waals surface area (Å²) < 4.78 is 40.7. The van der Waals surface area contributed by atoms with Crippen LogP contribution < -0.4 is 10.6 Å². The number of hydrogen-bond donors (Lipinski definition) is 2. The van der Waals surface area contributed by atoms with Crippen LogP contribution in [-0.4, -0.2) is 73.9 Å². The van der Waals surface area contributed by atoms with Crippen LogP contribution in [0.15, 0.2) is 24.3 Å². The molecular formula is C20H29F3N4O3. The number of nitrogens with zero attached hydrogens (tertiary/aromatic N) is 2. The first-order chi connectivity index (χ1) is 14.1. The molecule has 7 nitrogen and oxygen atoms in total. The number of hydrogen-bond acceptors (Lipinski definition) is 4. The lowest BCUT2D eigenvalue weighted by atomic mass is 10.2. The zero-order chi connectivity index (χ0) is 22.1. The highest BCUT2D eigenvalue weighted by atomic mass is 19.4. The second kappa shape index (κ2) is 11.2. The van der Waals surface area contributed by atoms with E-state index in [-0.39, 0.29) is 24.5 Å². The summed E-state index contributed by atoms with van der Waals surface area (Å²) >= 11 is 0. The van der Waals surface area contributed by atoms with E-state index in [2.05, 4.69) is 20.3 Å².